The third kappa shape index (κ3) is 4.54. The number of anilines is 1. The van der Waals surface area contributed by atoms with Crippen LogP contribution in [0.15, 0.2) is 42.6 Å². The number of carbonyl (C=O) groups is 2. The van der Waals surface area contributed by atoms with Crippen LogP contribution in [0, 0.1) is 0 Å². The number of carboxylic acid groups (broad SMARTS) is 1. The van der Waals surface area contributed by atoms with Gasteiger partial charge in [0.15, 0.2) is 0 Å². The van der Waals surface area contributed by atoms with Crippen molar-refractivity contribution in [2.24, 2.45) is 0 Å². The van der Waals surface area contributed by atoms with Crippen molar-refractivity contribution in [2.45, 2.75) is 18.9 Å². The third-order valence-corrected chi connectivity index (χ3v) is 3.80. The number of benzene rings is 1. The first-order valence-corrected chi connectivity index (χ1v) is 7.97. The Morgan fingerprint density at radius 3 is 2.88 bits per heavy atom. The molecule has 7 nitrogen and oxygen atoms in total. The lowest BCUT2D eigenvalue weighted by Crippen LogP contribution is -2.16. The van der Waals surface area contributed by atoms with Crippen LogP contribution in [0.4, 0.5) is 5.69 Å². The monoisotopic (exact) mass is 342 g/mol. The number of ether oxygens (including phenoxy) is 2. The molecule has 3 rings (SSSR count). The van der Waals surface area contributed by atoms with E-state index < -0.39 is 5.97 Å². The summed E-state index contributed by atoms with van der Waals surface area (Å²) in [5, 5.41) is 11.6. The molecule has 1 fully saturated rings. The molecule has 0 aliphatic carbocycles. The van der Waals surface area contributed by atoms with Gasteiger partial charge in [-0.05, 0) is 37.1 Å². The molecule has 0 radical (unpaired) electrons. The highest BCUT2D eigenvalue weighted by atomic mass is 16.5. The number of hydrogen-bond acceptors (Lipinski definition) is 5. The Labute approximate surface area is 144 Å². The maximum Gasteiger partial charge on any atom is 0.354 e. The summed E-state index contributed by atoms with van der Waals surface area (Å²) < 4.78 is 11.2. The maximum absolute atomic E-state index is 12.2. The third-order valence-electron chi connectivity index (χ3n) is 3.80. The second kappa shape index (κ2) is 7.76. The Hall–Kier alpha value is -2.93. The van der Waals surface area contributed by atoms with Crippen LogP contribution in [0.2, 0.25) is 0 Å². The summed E-state index contributed by atoms with van der Waals surface area (Å²) in [7, 11) is 0. The molecule has 7 heteroatoms. The fraction of sp³-hybridized carbons (Fsp3) is 0.278. The van der Waals surface area contributed by atoms with Crippen molar-refractivity contribution in [3.05, 3.63) is 53.9 Å². The van der Waals surface area contributed by atoms with Gasteiger partial charge in [-0.3, -0.25) is 4.79 Å². The Bertz CT molecular complexity index is 754. The van der Waals surface area contributed by atoms with Crippen LogP contribution >= 0.6 is 0 Å². The predicted molar refractivity (Wildman–Crippen MR) is 90.1 cm³/mol. The lowest BCUT2D eigenvalue weighted by atomic mass is 10.2. The van der Waals surface area contributed by atoms with Crippen LogP contribution in [0.3, 0.4) is 0 Å². The molecule has 2 aromatic rings. The van der Waals surface area contributed by atoms with Gasteiger partial charge in [0.05, 0.1) is 11.7 Å². The van der Waals surface area contributed by atoms with Crippen molar-refractivity contribution in [1.29, 1.82) is 0 Å². The Balaban J connectivity index is 1.60. The van der Waals surface area contributed by atoms with Gasteiger partial charge < -0.3 is 19.9 Å². The van der Waals surface area contributed by atoms with Gasteiger partial charge in [-0.25, -0.2) is 9.78 Å². The highest BCUT2D eigenvalue weighted by Crippen LogP contribution is 2.20. The Morgan fingerprint density at radius 2 is 2.20 bits per heavy atom. The van der Waals surface area contributed by atoms with E-state index in [4.69, 9.17) is 14.6 Å². The number of rotatable bonds is 6. The zero-order chi connectivity index (χ0) is 17.6. The molecule has 1 saturated heterocycles. The van der Waals surface area contributed by atoms with Crippen LogP contribution in [-0.2, 0) is 4.74 Å². The molecule has 2 N–H and O–H groups in total. The number of carboxylic acids is 1. The minimum atomic E-state index is -1.14. The smallest absolute Gasteiger partial charge is 0.354 e. The number of aromatic carboxylic acids is 1. The van der Waals surface area contributed by atoms with E-state index in [1.807, 2.05) is 6.07 Å². The zero-order valence-corrected chi connectivity index (χ0v) is 13.5. The van der Waals surface area contributed by atoms with E-state index in [0.29, 0.717) is 18.0 Å². The molecule has 1 aliphatic heterocycles. The van der Waals surface area contributed by atoms with E-state index in [2.05, 4.69) is 10.3 Å². The van der Waals surface area contributed by atoms with Gasteiger partial charge in [0.1, 0.15) is 18.1 Å². The number of pyridine rings is 1. The van der Waals surface area contributed by atoms with Crippen LogP contribution in [0.25, 0.3) is 0 Å². The molecule has 1 atom stereocenters. The van der Waals surface area contributed by atoms with E-state index in [0.717, 1.165) is 19.4 Å². The number of aromatic nitrogens is 1. The van der Waals surface area contributed by atoms with Gasteiger partial charge in [-0.2, -0.15) is 0 Å². The zero-order valence-electron chi connectivity index (χ0n) is 13.5. The predicted octanol–water partition coefficient (Wildman–Crippen LogP) is 2.59. The topological polar surface area (TPSA) is 97.8 Å². The van der Waals surface area contributed by atoms with E-state index in [-0.39, 0.29) is 23.3 Å². The van der Waals surface area contributed by atoms with Gasteiger partial charge in [0, 0.05) is 24.6 Å². The van der Waals surface area contributed by atoms with Crippen LogP contribution in [0.5, 0.6) is 5.75 Å². The van der Waals surface area contributed by atoms with Crippen molar-refractivity contribution in [3.63, 3.8) is 0 Å². The molecule has 1 aromatic carbocycles. The van der Waals surface area contributed by atoms with E-state index in [1.54, 1.807) is 18.2 Å². The fourth-order valence-electron chi connectivity index (χ4n) is 2.49. The first-order valence-electron chi connectivity index (χ1n) is 7.97. The SMILES string of the molecule is O=C(Nc1cccc(OCC2CCCO2)c1)c1ccc(C(=O)O)nc1. The lowest BCUT2D eigenvalue weighted by molar-refractivity contribution is 0.0679. The molecule has 0 bridgehead atoms. The molecular weight excluding hydrogens is 324 g/mol. The second-order valence-corrected chi connectivity index (χ2v) is 5.67. The van der Waals surface area contributed by atoms with Crippen molar-refractivity contribution >= 4 is 17.6 Å². The summed E-state index contributed by atoms with van der Waals surface area (Å²) in [6, 6.07) is 9.78. The number of amides is 1. The van der Waals surface area contributed by atoms with Crippen molar-refractivity contribution in [3.8, 4) is 5.75 Å². The van der Waals surface area contributed by atoms with Crippen molar-refractivity contribution in [2.75, 3.05) is 18.5 Å². The number of carbonyl (C=O) groups excluding carboxylic acids is 1. The average Bonchev–Trinajstić information content (AvgIpc) is 3.14. The first kappa shape index (κ1) is 16.9. The number of nitrogens with one attached hydrogen (secondary N) is 1. The van der Waals surface area contributed by atoms with Gasteiger partial charge in [-0.1, -0.05) is 6.07 Å². The molecule has 1 aliphatic rings. The average molecular weight is 342 g/mol. The highest BCUT2D eigenvalue weighted by molar-refractivity contribution is 6.04. The molecule has 130 valence electrons. The van der Waals surface area contributed by atoms with Crippen molar-refractivity contribution < 1.29 is 24.2 Å². The van der Waals surface area contributed by atoms with Gasteiger partial charge in [0.25, 0.3) is 5.91 Å². The van der Waals surface area contributed by atoms with E-state index in [9.17, 15) is 9.59 Å². The van der Waals surface area contributed by atoms with Crippen molar-refractivity contribution in [1.82, 2.24) is 4.98 Å². The Kier molecular flexibility index (Phi) is 5.25. The molecule has 1 unspecified atom stereocenters. The van der Waals surface area contributed by atoms with Gasteiger partial charge >= 0.3 is 5.97 Å². The molecule has 0 saturated carbocycles. The maximum atomic E-state index is 12.2. The summed E-state index contributed by atoms with van der Waals surface area (Å²) in [5.41, 5.74) is 0.744. The first-order chi connectivity index (χ1) is 12.1. The molecule has 1 amide bonds. The molecule has 1 aromatic heterocycles. The van der Waals surface area contributed by atoms with Gasteiger partial charge in [-0.15, -0.1) is 0 Å². The lowest BCUT2D eigenvalue weighted by Gasteiger charge is -2.12. The number of nitrogens with zero attached hydrogens (tertiary/aromatic N) is 1. The van der Waals surface area contributed by atoms with Gasteiger partial charge in [0.2, 0.25) is 0 Å². The summed E-state index contributed by atoms with van der Waals surface area (Å²) >= 11 is 0. The summed E-state index contributed by atoms with van der Waals surface area (Å²) in [6.45, 7) is 1.26. The molecular formula is C18H18N2O5. The summed E-state index contributed by atoms with van der Waals surface area (Å²) in [6.07, 6.45) is 3.41. The van der Waals surface area contributed by atoms with Crippen LogP contribution in [0.1, 0.15) is 33.7 Å². The summed E-state index contributed by atoms with van der Waals surface area (Å²) in [5.74, 6) is -0.864. The largest absolute Gasteiger partial charge is 0.491 e. The minimum absolute atomic E-state index is 0.110. The number of hydrogen-bond donors (Lipinski definition) is 2. The second-order valence-electron chi connectivity index (χ2n) is 5.67. The molecule has 25 heavy (non-hydrogen) atoms. The molecule has 2 heterocycles. The van der Waals surface area contributed by atoms with Crippen LogP contribution in [-0.4, -0.2) is 41.3 Å². The van der Waals surface area contributed by atoms with Crippen LogP contribution < -0.4 is 10.1 Å². The fourth-order valence-corrected chi connectivity index (χ4v) is 2.49. The molecule has 0 spiro atoms. The highest BCUT2D eigenvalue weighted by Gasteiger charge is 2.16. The standard InChI is InChI=1S/C18H18N2O5/c21-17(12-6-7-16(18(22)23)19-10-12)20-13-3-1-4-14(9-13)25-11-15-5-2-8-24-15/h1,3-4,6-7,9-10,15H,2,5,8,11H2,(H,20,21)(H,22,23). The Morgan fingerprint density at radius 1 is 1.32 bits per heavy atom. The summed E-state index contributed by atoms with van der Waals surface area (Å²) in [4.78, 5) is 26.7. The normalized spacial score (nSPS) is 16.4. The minimum Gasteiger partial charge on any atom is -0.491 e. The van der Waals surface area contributed by atoms with E-state index in [1.165, 1.54) is 18.3 Å². The quantitative estimate of drug-likeness (QED) is 0.837. The van der Waals surface area contributed by atoms with E-state index >= 15 is 0 Å².